The van der Waals surface area contributed by atoms with E-state index in [1.807, 2.05) is 36.4 Å². The largest absolute Gasteiger partial charge is 0.497 e. The van der Waals surface area contributed by atoms with Crippen molar-refractivity contribution in [2.24, 2.45) is 5.92 Å². The zero-order valence-electron chi connectivity index (χ0n) is 15.9. The van der Waals surface area contributed by atoms with Crippen LogP contribution in [0.15, 0.2) is 48.5 Å². The fourth-order valence-electron chi connectivity index (χ4n) is 2.96. The molecule has 2 aliphatic carbocycles. The van der Waals surface area contributed by atoms with Crippen molar-refractivity contribution in [3.8, 4) is 11.5 Å². The number of benzene rings is 2. The third kappa shape index (κ3) is 6.63. The van der Waals surface area contributed by atoms with Gasteiger partial charge >= 0.3 is 5.97 Å². The Hall–Kier alpha value is -2.49. The number of carbonyl (C=O) groups is 1. The maximum atomic E-state index is 10.7. The molecule has 1 N–H and O–H groups in total. The van der Waals surface area contributed by atoms with Gasteiger partial charge < -0.3 is 14.6 Å². The maximum Gasteiger partial charge on any atom is 0.303 e. The van der Waals surface area contributed by atoms with E-state index < -0.39 is 5.97 Å². The van der Waals surface area contributed by atoms with Crippen molar-refractivity contribution in [2.45, 2.75) is 44.4 Å². The Morgan fingerprint density at radius 3 is 2.52 bits per heavy atom. The summed E-state index contributed by atoms with van der Waals surface area (Å²) < 4.78 is 11.2. The molecule has 2 aromatic carbocycles. The van der Waals surface area contributed by atoms with Gasteiger partial charge in [0.05, 0.1) is 13.7 Å². The molecule has 27 heavy (non-hydrogen) atoms. The number of aliphatic carboxylic acids is 1. The highest BCUT2D eigenvalue weighted by atomic mass is 16.5. The van der Waals surface area contributed by atoms with Crippen LogP contribution in [0.2, 0.25) is 0 Å². The molecule has 2 unspecified atom stereocenters. The normalized spacial score (nSPS) is 19.4. The molecule has 4 rings (SSSR count). The second-order valence-electron chi connectivity index (χ2n) is 7.29. The molecule has 2 fully saturated rings. The Morgan fingerprint density at radius 2 is 1.81 bits per heavy atom. The Balaban J connectivity index is 0.000000637. The summed E-state index contributed by atoms with van der Waals surface area (Å²) in [7, 11) is 1.68. The van der Waals surface area contributed by atoms with Gasteiger partial charge in [-0.3, -0.25) is 4.79 Å². The van der Waals surface area contributed by atoms with E-state index >= 15 is 0 Å². The smallest absolute Gasteiger partial charge is 0.303 e. The van der Waals surface area contributed by atoms with Crippen LogP contribution in [0.25, 0.3) is 0 Å². The van der Waals surface area contributed by atoms with E-state index in [-0.39, 0.29) is 6.42 Å². The van der Waals surface area contributed by atoms with Gasteiger partial charge in [-0.25, -0.2) is 0 Å². The topological polar surface area (TPSA) is 55.8 Å². The van der Waals surface area contributed by atoms with Crippen LogP contribution < -0.4 is 9.47 Å². The van der Waals surface area contributed by atoms with E-state index in [2.05, 4.69) is 12.1 Å². The van der Waals surface area contributed by atoms with E-state index in [0.717, 1.165) is 23.5 Å². The summed E-state index contributed by atoms with van der Waals surface area (Å²) in [5.41, 5.74) is 2.30. The van der Waals surface area contributed by atoms with Crippen molar-refractivity contribution in [2.75, 3.05) is 13.7 Å². The van der Waals surface area contributed by atoms with Crippen LogP contribution in [-0.4, -0.2) is 24.8 Å². The lowest BCUT2D eigenvalue weighted by Gasteiger charge is -2.08. The first kappa shape index (κ1) is 19.3. The summed E-state index contributed by atoms with van der Waals surface area (Å²) in [4.78, 5) is 10.7. The molecule has 4 nitrogen and oxygen atoms in total. The molecule has 0 amide bonds. The van der Waals surface area contributed by atoms with Gasteiger partial charge in [0.15, 0.2) is 0 Å². The molecular formula is C23H28O4. The maximum absolute atomic E-state index is 10.7. The van der Waals surface area contributed by atoms with Gasteiger partial charge in [-0.15, -0.1) is 0 Å². The Morgan fingerprint density at radius 1 is 1.07 bits per heavy atom. The third-order valence-corrected chi connectivity index (χ3v) is 4.79. The Kier molecular flexibility index (Phi) is 6.74. The Labute approximate surface area is 161 Å². The van der Waals surface area contributed by atoms with Crippen LogP contribution in [-0.2, 0) is 11.2 Å². The van der Waals surface area contributed by atoms with E-state index in [9.17, 15) is 4.79 Å². The number of rotatable bonds is 8. The van der Waals surface area contributed by atoms with Gasteiger partial charge in [0, 0.05) is 12.3 Å². The van der Waals surface area contributed by atoms with Crippen molar-refractivity contribution in [3.63, 3.8) is 0 Å². The lowest BCUT2D eigenvalue weighted by molar-refractivity contribution is -0.136. The van der Waals surface area contributed by atoms with Crippen LogP contribution in [0.5, 0.6) is 11.5 Å². The number of hydrogen-bond acceptors (Lipinski definition) is 3. The molecule has 0 aromatic heterocycles. The first-order valence-electron chi connectivity index (χ1n) is 9.73. The minimum Gasteiger partial charge on any atom is -0.497 e. The molecule has 2 aliphatic rings. The molecule has 2 atom stereocenters. The monoisotopic (exact) mass is 368 g/mol. The Bertz CT molecular complexity index is 751. The number of methoxy groups -OCH3 is 1. The van der Waals surface area contributed by atoms with Gasteiger partial charge in [0.25, 0.3) is 0 Å². The SMILES string of the molecule is C1CC1.COc1cccc(C2CC2COc2cccc(CCC(=O)O)c2)c1. The fraction of sp³-hybridized carbons (Fsp3) is 0.435. The van der Waals surface area contributed by atoms with Crippen molar-refractivity contribution >= 4 is 5.97 Å². The summed E-state index contributed by atoms with van der Waals surface area (Å²) in [6.07, 6.45) is 6.30. The second kappa shape index (κ2) is 9.45. The number of ether oxygens (including phenoxy) is 2. The zero-order chi connectivity index (χ0) is 19.1. The van der Waals surface area contributed by atoms with Crippen LogP contribution in [0.4, 0.5) is 0 Å². The summed E-state index contributed by atoms with van der Waals surface area (Å²) in [6, 6.07) is 15.9. The summed E-state index contributed by atoms with van der Waals surface area (Å²) in [5.74, 6) is 2.00. The molecule has 4 heteroatoms. The average molecular weight is 368 g/mol. The lowest BCUT2D eigenvalue weighted by atomic mass is 10.1. The van der Waals surface area contributed by atoms with Crippen molar-refractivity contribution in [3.05, 3.63) is 59.7 Å². The minimum absolute atomic E-state index is 0.143. The van der Waals surface area contributed by atoms with E-state index in [0.29, 0.717) is 24.9 Å². The first-order valence-corrected chi connectivity index (χ1v) is 9.73. The highest BCUT2D eigenvalue weighted by Crippen LogP contribution is 2.48. The van der Waals surface area contributed by atoms with E-state index in [1.54, 1.807) is 7.11 Å². The van der Waals surface area contributed by atoms with Crippen LogP contribution >= 0.6 is 0 Å². The van der Waals surface area contributed by atoms with Gasteiger partial charge in [0.1, 0.15) is 11.5 Å². The highest BCUT2D eigenvalue weighted by molar-refractivity contribution is 5.67. The van der Waals surface area contributed by atoms with Gasteiger partial charge in [-0.1, -0.05) is 43.5 Å². The fourth-order valence-corrected chi connectivity index (χ4v) is 2.96. The molecule has 0 saturated heterocycles. The molecule has 0 heterocycles. The third-order valence-electron chi connectivity index (χ3n) is 4.79. The van der Waals surface area contributed by atoms with Crippen LogP contribution in [0.3, 0.4) is 0 Å². The lowest BCUT2D eigenvalue weighted by Crippen LogP contribution is -2.02. The summed E-state index contributed by atoms with van der Waals surface area (Å²) in [5, 5.41) is 8.76. The second-order valence-corrected chi connectivity index (χ2v) is 7.29. The van der Waals surface area contributed by atoms with Crippen LogP contribution in [0.1, 0.15) is 49.1 Å². The molecule has 144 valence electrons. The van der Waals surface area contributed by atoms with E-state index in [1.165, 1.54) is 24.8 Å². The summed E-state index contributed by atoms with van der Waals surface area (Å²) in [6.45, 7) is 0.685. The van der Waals surface area contributed by atoms with E-state index in [4.69, 9.17) is 14.6 Å². The number of carboxylic acid groups (broad SMARTS) is 1. The summed E-state index contributed by atoms with van der Waals surface area (Å²) >= 11 is 0. The average Bonchev–Trinajstić information content (AvgIpc) is 3.58. The van der Waals surface area contributed by atoms with Crippen molar-refractivity contribution in [1.82, 2.24) is 0 Å². The molecule has 0 spiro atoms. The molecule has 2 saturated carbocycles. The highest BCUT2D eigenvalue weighted by Gasteiger charge is 2.39. The molecule has 0 bridgehead atoms. The van der Waals surface area contributed by atoms with Gasteiger partial charge in [-0.2, -0.15) is 0 Å². The molecule has 2 aromatic rings. The number of carboxylic acids is 1. The standard InChI is InChI=1S/C20H22O4.C3H6/c1-23-17-6-3-5-15(11-17)19-12-16(19)13-24-18-7-2-4-14(10-18)8-9-20(21)22;1-2-3-1/h2-7,10-11,16,19H,8-9,12-13H2,1H3,(H,21,22);1-3H2. The minimum atomic E-state index is -0.777. The predicted octanol–water partition coefficient (Wildman–Crippen LogP) is 5.07. The zero-order valence-corrected chi connectivity index (χ0v) is 15.9. The van der Waals surface area contributed by atoms with Gasteiger partial charge in [-0.05, 0) is 54.2 Å². The first-order chi connectivity index (χ1) is 13.2. The van der Waals surface area contributed by atoms with Gasteiger partial charge in [0.2, 0.25) is 0 Å². The predicted molar refractivity (Wildman–Crippen MR) is 106 cm³/mol. The number of hydrogen-bond donors (Lipinski definition) is 1. The number of aryl methyl sites for hydroxylation is 1. The van der Waals surface area contributed by atoms with Crippen molar-refractivity contribution < 1.29 is 19.4 Å². The molecule has 0 aliphatic heterocycles. The molecular weight excluding hydrogens is 340 g/mol. The quantitative estimate of drug-likeness (QED) is 0.707. The molecule has 0 radical (unpaired) electrons. The van der Waals surface area contributed by atoms with Crippen molar-refractivity contribution in [1.29, 1.82) is 0 Å². The van der Waals surface area contributed by atoms with Crippen LogP contribution in [0, 0.1) is 5.92 Å².